The lowest BCUT2D eigenvalue weighted by Gasteiger charge is -2.01. The number of hydrogen-bond donors (Lipinski definition) is 1. The second-order valence-electron chi connectivity index (χ2n) is 4.40. The van der Waals surface area contributed by atoms with E-state index in [1.807, 2.05) is 12.1 Å². The smallest absolute Gasteiger partial charge is 0.257 e. The molecule has 1 N–H and O–H groups in total. The first-order valence-corrected chi connectivity index (χ1v) is 7.81. The quantitative estimate of drug-likeness (QED) is 0.741. The van der Waals surface area contributed by atoms with E-state index < -0.39 is 0 Å². The van der Waals surface area contributed by atoms with Crippen LogP contribution in [0.3, 0.4) is 0 Å². The molecule has 0 fully saturated rings. The SMILES string of the molecule is O=C(Nc1nc(-c2cccc(Cl)c2)ns1)c1cccc(Cl)c1. The van der Waals surface area contributed by atoms with Crippen molar-refractivity contribution in [3.63, 3.8) is 0 Å². The zero-order chi connectivity index (χ0) is 15.5. The van der Waals surface area contributed by atoms with Gasteiger partial charge in [0, 0.05) is 32.7 Å². The molecule has 3 aromatic rings. The van der Waals surface area contributed by atoms with Gasteiger partial charge in [0.1, 0.15) is 0 Å². The molecule has 0 spiro atoms. The van der Waals surface area contributed by atoms with Crippen LogP contribution in [0.15, 0.2) is 48.5 Å². The van der Waals surface area contributed by atoms with Crippen LogP contribution >= 0.6 is 34.7 Å². The van der Waals surface area contributed by atoms with E-state index in [1.54, 1.807) is 36.4 Å². The molecule has 0 aliphatic rings. The van der Waals surface area contributed by atoms with Gasteiger partial charge in [-0.3, -0.25) is 10.1 Å². The first-order valence-electron chi connectivity index (χ1n) is 6.28. The first kappa shape index (κ1) is 15.0. The maximum Gasteiger partial charge on any atom is 0.257 e. The van der Waals surface area contributed by atoms with Crippen molar-refractivity contribution in [2.45, 2.75) is 0 Å². The molecule has 1 heterocycles. The van der Waals surface area contributed by atoms with Crippen LogP contribution in [-0.2, 0) is 0 Å². The Hall–Kier alpha value is -1.95. The Balaban J connectivity index is 1.78. The molecule has 110 valence electrons. The molecule has 0 saturated heterocycles. The fraction of sp³-hybridized carbons (Fsp3) is 0. The average Bonchev–Trinajstić information content (AvgIpc) is 2.96. The number of benzene rings is 2. The second kappa shape index (κ2) is 6.44. The van der Waals surface area contributed by atoms with Crippen molar-refractivity contribution in [1.82, 2.24) is 9.36 Å². The Morgan fingerprint density at radius 1 is 1.05 bits per heavy atom. The summed E-state index contributed by atoms with van der Waals surface area (Å²) in [5.74, 6) is 0.241. The predicted octanol–water partition coefficient (Wildman–Crippen LogP) is 4.76. The van der Waals surface area contributed by atoms with Crippen LogP contribution < -0.4 is 5.32 Å². The highest BCUT2D eigenvalue weighted by Gasteiger charge is 2.11. The Morgan fingerprint density at radius 2 is 1.77 bits per heavy atom. The minimum atomic E-state index is -0.281. The molecule has 4 nitrogen and oxygen atoms in total. The van der Waals surface area contributed by atoms with Crippen LogP contribution in [0.2, 0.25) is 10.0 Å². The highest BCUT2D eigenvalue weighted by Crippen LogP contribution is 2.24. The number of rotatable bonds is 3. The van der Waals surface area contributed by atoms with E-state index in [9.17, 15) is 4.79 Å². The number of carbonyl (C=O) groups excluding carboxylic acids is 1. The summed E-state index contributed by atoms with van der Waals surface area (Å²) in [6.45, 7) is 0. The third kappa shape index (κ3) is 3.44. The summed E-state index contributed by atoms with van der Waals surface area (Å²) >= 11 is 12.9. The van der Waals surface area contributed by atoms with Crippen molar-refractivity contribution in [3.05, 3.63) is 64.1 Å². The molecular formula is C15H9Cl2N3OS. The molecule has 0 radical (unpaired) electrons. The monoisotopic (exact) mass is 349 g/mol. The zero-order valence-corrected chi connectivity index (χ0v) is 13.4. The van der Waals surface area contributed by atoms with Gasteiger partial charge in [-0.15, -0.1) is 0 Å². The van der Waals surface area contributed by atoms with Gasteiger partial charge in [-0.25, -0.2) is 0 Å². The summed E-state index contributed by atoms with van der Waals surface area (Å²) in [5, 5.41) is 4.23. The zero-order valence-electron chi connectivity index (χ0n) is 11.1. The molecule has 2 aromatic carbocycles. The second-order valence-corrected chi connectivity index (χ2v) is 6.02. The summed E-state index contributed by atoms with van der Waals surface area (Å²) in [7, 11) is 0. The van der Waals surface area contributed by atoms with Gasteiger partial charge in [0.2, 0.25) is 5.13 Å². The highest BCUT2D eigenvalue weighted by molar-refractivity contribution is 7.10. The molecule has 1 amide bonds. The van der Waals surface area contributed by atoms with Crippen LogP contribution in [0, 0.1) is 0 Å². The van der Waals surface area contributed by atoms with Crippen LogP contribution in [-0.4, -0.2) is 15.3 Å². The third-order valence-electron chi connectivity index (χ3n) is 2.82. The van der Waals surface area contributed by atoms with Crippen molar-refractivity contribution in [2.75, 3.05) is 5.32 Å². The van der Waals surface area contributed by atoms with Gasteiger partial charge in [-0.05, 0) is 30.3 Å². The van der Waals surface area contributed by atoms with Crippen LogP contribution in [0.1, 0.15) is 10.4 Å². The summed E-state index contributed by atoms with van der Waals surface area (Å²) < 4.78 is 4.22. The Kier molecular flexibility index (Phi) is 4.38. The molecule has 0 atom stereocenters. The maximum absolute atomic E-state index is 12.1. The van der Waals surface area contributed by atoms with Crippen LogP contribution in [0.5, 0.6) is 0 Å². The number of nitrogens with zero attached hydrogens (tertiary/aromatic N) is 2. The number of amides is 1. The van der Waals surface area contributed by atoms with E-state index in [4.69, 9.17) is 23.2 Å². The van der Waals surface area contributed by atoms with Gasteiger partial charge in [0.05, 0.1) is 0 Å². The molecule has 3 rings (SSSR count). The summed E-state index contributed by atoms with van der Waals surface area (Å²) in [4.78, 5) is 16.4. The van der Waals surface area contributed by atoms with Crippen molar-refractivity contribution >= 4 is 45.8 Å². The lowest BCUT2D eigenvalue weighted by atomic mass is 10.2. The summed E-state index contributed by atoms with van der Waals surface area (Å²) in [6.07, 6.45) is 0. The number of aromatic nitrogens is 2. The van der Waals surface area contributed by atoms with Crippen molar-refractivity contribution in [1.29, 1.82) is 0 Å². The lowest BCUT2D eigenvalue weighted by molar-refractivity contribution is 0.102. The number of nitrogens with one attached hydrogen (secondary N) is 1. The number of hydrogen-bond acceptors (Lipinski definition) is 4. The van der Waals surface area contributed by atoms with Gasteiger partial charge in [0.15, 0.2) is 5.82 Å². The molecule has 0 aliphatic heterocycles. The number of carbonyl (C=O) groups is 1. The van der Waals surface area contributed by atoms with E-state index in [0.717, 1.165) is 17.1 Å². The van der Waals surface area contributed by atoms with Crippen LogP contribution in [0.25, 0.3) is 11.4 Å². The Morgan fingerprint density at radius 3 is 2.50 bits per heavy atom. The van der Waals surface area contributed by atoms with Gasteiger partial charge in [-0.1, -0.05) is 41.4 Å². The normalized spacial score (nSPS) is 10.5. The molecule has 0 bridgehead atoms. The summed E-state index contributed by atoms with van der Waals surface area (Å²) in [5.41, 5.74) is 1.26. The molecule has 22 heavy (non-hydrogen) atoms. The molecule has 0 saturated carbocycles. The van der Waals surface area contributed by atoms with Gasteiger partial charge in [0.25, 0.3) is 5.91 Å². The van der Waals surface area contributed by atoms with Crippen molar-refractivity contribution in [3.8, 4) is 11.4 Å². The van der Waals surface area contributed by atoms with Crippen LogP contribution in [0.4, 0.5) is 5.13 Å². The standard InChI is InChI=1S/C15H9Cl2N3OS/c16-11-5-1-3-9(7-11)13-18-15(22-20-13)19-14(21)10-4-2-6-12(17)8-10/h1-8H,(H,18,19,20,21). The van der Waals surface area contributed by atoms with Crippen molar-refractivity contribution < 1.29 is 4.79 Å². The molecule has 7 heteroatoms. The topological polar surface area (TPSA) is 54.9 Å². The number of anilines is 1. The maximum atomic E-state index is 12.1. The molecule has 1 aromatic heterocycles. The number of halogens is 2. The first-order chi connectivity index (χ1) is 10.6. The highest BCUT2D eigenvalue weighted by atomic mass is 35.5. The average molecular weight is 350 g/mol. The van der Waals surface area contributed by atoms with Gasteiger partial charge < -0.3 is 0 Å². The minimum Gasteiger partial charge on any atom is -0.297 e. The van der Waals surface area contributed by atoms with Gasteiger partial charge >= 0.3 is 0 Å². The van der Waals surface area contributed by atoms with E-state index in [2.05, 4.69) is 14.7 Å². The van der Waals surface area contributed by atoms with Crippen molar-refractivity contribution in [2.24, 2.45) is 0 Å². The summed E-state index contributed by atoms with van der Waals surface area (Å²) in [6, 6.07) is 13.9. The Labute approximate surface area is 140 Å². The predicted molar refractivity (Wildman–Crippen MR) is 89.8 cm³/mol. The van der Waals surface area contributed by atoms with E-state index in [1.165, 1.54) is 0 Å². The molecule has 0 aliphatic carbocycles. The Bertz CT molecular complexity index is 835. The third-order valence-corrected chi connectivity index (χ3v) is 3.92. The lowest BCUT2D eigenvalue weighted by Crippen LogP contribution is -2.11. The minimum absolute atomic E-state index is 0.281. The van der Waals surface area contributed by atoms with E-state index in [-0.39, 0.29) is 5.91 Å². The largest absolute Gasteiger partial charge is 0.297 e. The van der Waals surface area contributed by atoms with E-state index >= 15 is 0 Å². The molecule has 0 unspecified atom stereocenters. The van der Waals surface area contributed by atoms with E-state index in [0.29, 0.717) is 26.6 Å². The van der Waals surface area contributed by atoms with Gasteiger partial charge in [-0.2, -0.15) is 9.36 Å². The fourth-order valence-electron chi connectivity index (χ4n) is 1.82. The molecular weight excluding hydrogens is 341 g/mol. The fourth-order valence-corrected chi connectivity index (χ4v) is 2.78.